The van der Waals surface area contributed by atoms with Gasteiger partial charge in [-0.25, -0.2) is 4.79 Å². The SMILES string of the molecule is O=C(Nc1cccc(C(F)(F)F)c1)Nc1c[n+](C2(c3ccccc3)CC2)no1. The fourth-order valence-corrected chi connectivity index (χ4v) is 3.07. The summed E-state index contributed by atoms with van der Waals surface area (Å²) < 4.78 is 45.1. The lowest BCUT2D eigenvalue weighted by Gasteiger charge is -2.09. The highest BCUT2D eigenvalue weighted by molar-refractivity contribution is 5.98. The van der Waals surface area contributed by atoms with Crippen molar-refractivity contribution in [2.45, 2.75) is 24.6 Å². The van der Waals surface area contributed by atoms with E-state index in [0.29, 0.717) is 0 Å². The van der Waals surface area contributed by atoms with E-state index in [-0.39, 0.29) is 17.1 Å². The number of carbonyl (C=O) groups excluding carboxylic acids is 1. The maximum absolute atomic E-state index is 12.8. The lowest BCUT2D eigenvalue weighted by atomic mass is 10.1. The van der Waals surface area contributed by atoms with Gasteiger partial charge in [0.1, 0.15) is 0 Å². The van der Waals surface area contributed by atoms with Gasteiger partial charge < -0.3 is 5.32 Å². The number of nitrogens with one attached hydrogen (secondary N) is 2. The minimum atomic E-state index is -4.49. The molecule has 9 heteroatoms. The summed E-state index contributed by atoms with van der Waals surface area (Å²) in [7, 11) is 0. The van der Waals surface area contributed by atoms with Crippen molar-refractivity contribution in [2.75, 3.05) is 10.6 Å². The number of carbonyl (C=O) groups is 1. The molecule has 0 saturated heterocycles. The van der Waals surface area contributed by atoms with Gasteiger partial charge in [0.15, 0.2) is 0 Å². The van der Waals surface area contributed by atoms with Crippen LogP contribution in [0.3, 0.4) is 0 Å². The number of urea groups is 1. The third-order valence-electron chi connectivity index (χ3n) is 4.62. The Kier molecular flexibility index (Phi) is 4.29. The monoisotopic (exact) mass is 389 g/mol. The molecular formula is C19H16F3N4O2+. The molecule has 1 aliphatic carbocycles. The predicted molar refractivity (Wildman–Crippen MR) is 93.5 cm³/mol. The molecule has 0 aliphatic heterocycles. The first-order valence-electron chi connectivity index (χ1n) is 8.57. The zero-order valence-electron chi connectivity index (χ0n) is 14.5. The number of nitrogens with zero attached hydrogens (tertiary/aromatic N) is 2. The zero-order chi connectivity index (χ0) is 19.8. The van der Waals surface area contributed by atoms with Gasteiger partial charge in [0.2, 0.25) is 10.8 Å². The van der Waals surface area contributed by atoms with Gasteiger partial charge in [-0.1, -0.05) is 36.4 Å². The second-order valence-corrected chi connectivity index (χ2v) is 6.57. The van der Waals surface area contributed by atoms with Crippen molar-refractivity contribution < 1.29 is 27.2 Å². The molecule has 0 unspecified atom stereocenters. The predicted octanol–water partition coefficient (Wildman–Crippen LogP) is 4.16. The van der Waals surface area contributed by atoms with Crippen LogP contribution >= 0.6 is 0 Å². The standard InChI is InChI=1S/C19H15F3N4O2/c20-19(21,22)14-7-4-8-15(11-14)23-17(27)24-16-12-26(25-28-16)18(9-10-18)13-5-2-1-3-6-13/h1-8,11-12H,9-10H2,(H-,23,24,25,27)/p+1. The third-order valence-corrected chi connectivity index (χ3v) is 4.62. The minimum Gasteiger partial charge on any atom is -0.308 e. The number of hydrogen-bond donors (Lipinski definition) is 2. The van der Waals surface area contributed by atoms with Gasteiger partial charge >= 0.3 is 18.1 Å². The van der Waals surface area contributed by atoms with E-state index in [9.17, 15) is 18.0 Å². The Morgan fingerprint density at radius 2 is 1.82 bits per heavy atom. The Morgan fingerprint density at radius 3 is 2.50 bits per heavy atom. The molecule has 144 valence electrons. The molecule has 1 aromatic heterocycles. The van der Waals surface area contributed by atoms with Crippen LogP contribution in [0.15, 0.2) is 65.3 Å². The van der Waals surface area contributed by atoms with Gasteiger partial charge in [-0.05, 0) is 22.9 Å². The van der Waals surface area contributed by atoms with Gasteiger partial charge in [0.05, 0.1) is 5.56 Å². The van der Waals surface area contributed by atoms with Crippen molar-refractivity contribution in [3.05, 3.63) is 71.9 Å². The van der Waals surface area contributed by atoms with Crippen LogP contribution in [0.5, 0.6) is 0 Å². The van der Waals surface area contributed by atoms with Crippen LogP contribution in [0, 0.1) is 0 Å². The largest absolute Gasteiger partial charge is 0.416 e. The van der Waals surface area contributed by atoms with Crippen LogP contribution in [-0.4, -0.2) is 11.3 Å². The van der Waals surface area contributed by atoms with E-state index < -0.39 is 17.8 Å². The summed E-state index contributed by atoms with van der Waals surface area (Å²) >= 11 is 0. The van der Waals surface area contributed by atoms with Crippen molar-refractivity contribution in [1.82, 2.24) is 5.27 Å². The highest BCUT2D eigenvalue weighted by Crippen LogP contribution is 2.44. The van der Waals surface area contributed by atoms with Crippen LogP contribution in [0.2, 0.25) is 0 Å². The average molecular weight is 389 g/mol. The van der Waals surface area contributed by atoms with Gasteiger partial charge in [-0.2, -0.15) is 13.2 Å². The Balaban J connectivity index is 1.44. The van der Waals surface area contributed by atoms with Gasteiger partial charge in [-0.3, -0.25) is 9.84 Å². The average Bonchev–Trinajstić information content (AvgIpc) is 3.35. The molecule has 0 radical (unpaired) electrons. The van der Waals surface area contributed by atoms with Gasteiger partial charge in [0.25, 0.3) is 6.20 Å². The van der Waals surface area contributed by atoms with E-state index in [4.69, 9.17) is 4.52 Å². The van der Waals surface area contributed by atoms with Gasteiger partial charge in [-0.15, -0.1) is 0 Å². The molecule has 28 heavy (non-hydrogen) atoms. The molecule has 0 atom stereocenters. The summed E-state index contributed by atoms with van der Waals surface area (Å²) in [6, 6.07) is 13.5. The molecule has 1 fully saturated rings. The van der Waals surface area contributed by atoms with Crippen LogP contribution in [0.25, 0.3) is 0 Å². The number of rotatable bonds is 4. The number of amides is 2. The molecule has 2 amide bonds. The number of halogens is 3. The molecule has 1 saturated carbocycles. The fourth-order valence-electron chi connectivity index (χ4n) is 3.07. The summed E-state index contributed by atoms with van der Waals surface area (Å²) in [5.74, 6) is 0.0895. The number of alkyl halides is 3. The topological polar surface area (TPSA) is 71.0 Å². The van der Waals surface area contributed by atoms with Crippen LogP contribution in [0.1, 0.15) is 24.0 Å². The van der Waals surface area contributed by atoms with Crippen molar-refractivity contribution >= 4 is 17.6 Å². The number of benzene rings is 2. The molecule has 3 aromatic rings. The number of hydrogen-bond acceptors (Lipinski definition) is 3. The van der Waals surface area contributed by atoms with E-state index in [2.05, 4.69) is 15.9 Å². The highest BCUT2D eigenvalue weighted by Gasteiger charge is 2.57. The summed E-state index contributed by atoms with van der Waals surface area (Å²) in [5.41, 5.74) is -0.0281. The molecule has 2 N–H and O–H groups in total. The van der Waals surface area contributed by atoms with Crippen molar-refractivity contribution in [2.24, 2.45) is 0 Å². The molecule has 6 nitrogen and oxygen atoms in total. The molecule has 0 spiro atoms. The quantitative estimate of drug-likeness (QED) is 0.658. The fraction of sp³-hybridized carbons (Fsp3) is 0.211. The van der Waals surface area contributed by atoms with E-state index in [0.717, 1.165) is 30.5 Å². The maximum Gasteiger partial charge on any atom is 0.416 e. The molecule has 2 aromatic carbocycles. The smallest absolute Gasteiger partial charge is 0.308 e. The molecular weight excluding hydrogens is 373 g/mol. The summed E-state index contributed by atoms with van der Waals surface area (Å²) in [6.45, 7) is 0. The van der Waals surface area contributed by atoms with E-state index in [1.54, 1.807) is 10.9 Å². The third kappa shape index (κ3) is 3.55. The molecule has 1 aliphatic rings. The second-order valence-electron chi connectivity index (χ2n) is 6.57. The normalized spacial score (nSPS) is 15.1. The Hall–Kier alpha value is -3.36. The van der Waals surface area contributed by atoms with E-state index in [1.807, 2.05) is 30.3 Å². The summed E-state index contributed by atoms with van der Waals surface area (Å²) in [4.78, 5) is 12.1. The lowest BCUT2D eigenvalue weighted by Crippen LogP contribution is -2.48. The highest BCUT2D eigenvalue weighted by atomic mass is 19.4. The molecule has 1 heterocycles. The van der Waals surface area contributed by atoms with Crippen LogP contribution in [-0.2, 0) is 11.7 Å². The maximum atomic E-state index is 12.8. The lowest BCUT2D eigenvalue weighted by molar-refractivity contribution is -0.791. The van der Waals surface area contributed by atoms with E-state index >= 15 is 0 Å². The summed E-state index contributed by atoms with van der Waals surface area (Å²) in [6.07, 6.45) is -1.14. The number of anilines is 2. The minimum absolute atomic E-state index is 0.0164. The Labute approximate surface area is 157 Å². The summed E-state index contributed by atoms with van der Waals surface area (Å²) in [5, 5.41) is 8.77. The zero-order valence-corrected chi connectivity index (χ0v) is 14.5. The van der Waals surface area contributed by atoms with Crippen molar-refractivity contribution in [1.29, 1.82) is 0 Å². The number of aromatic nitrogens is 2. The Morgan fingerprint density at radius 1 is 1.07 bits per heavy atom. The van der Waals surface area contributed by atoms with Crippen molar-refractivity contribution in [3.63, 3.8) is 0 Å². The first kappa shape index (κ1) is 18.0. The van der Waals surface area contributed by atoms with E-state index in [1.165, 1.54) is 12.1 Å². The van der Waals surface area contributed by atoms with Crippen molar-refractivity contribution in [3.8, 4) is 0 Å². The molecule has 4 rings (SSSR count). The Bertz CT molecular complexity index is 998. The second kappa shape index (κ2) is 6.66. The first-order valence-corrected chi connectivity index (χ1v) is 8.57. The van der Waals surface area contributed by atoms with Gasteiger partial charge in [0, 0.05) is 24.1 Å². The van der Waals surface area contributed by atoms with Crippen LogP contribution in [0.4, 0.5) is 29.5 Å². The first-order chi connectivity index (χ1) is 13.4. The molecule has 0 bridgehead atoms. The van der Waals surface area contributed by atoms with Crippen LogP contribution < -0.4 is 15.3 Å².